The summed E-state index contributed by atoms with van der Waals surface area (Å²) in [6, 6.07) is 118. The van der Waals surface area contributed by atoms with Crippen molar-refractivity contribution in [1.29, 1.82) is 0 Å². The lowest BCUT2D eigenvalue weighted by atomic mass is 10.0. The van der Waals surface area contributed by atoms with Crippen LogP contribution in [-0.2, 0) is 0 Å². The van der Waals surface area contributed by atoms with Gasteiger partial charge in [0.05, 0.1) is 11.1 Å². The molecule has 12 aromatic carbocycles. The number of hydrogen-bond acceptors (Lipinski definition) is 4. The van der Waals surface area contributed by atoms with E-state index in [0.717, 1.165) is 54.2 Å². The molecule has 0 saturated heterocycles. The molecule has 13 rings (SSSR count). The first-order chi connectivity index (χ1) is 40.2. The van der Waals surface area contributed by atoms with Gasteiger partial charge in [0.2, 0.25) is 6.79 Å². The van der Waals surface area contributed by atoms with Crippen LogP contribution in [0.15, 0.2) is 328 Å². The Morgan fingerprint density at radius 2 is 0.457 bits per heavy atom. The second-order valence-electron chi connectivity index (χ2n) is 19.8. The summed E-state index contributed by atoms with van der Waals surface area (Å²) >= 11 is 0. The summed E-state index contributed by atoms with van der Waals surface area (Å²) in [5.74, 6) is 2.72. The van der Waals surface area contributed by atoms with Crippen molar-refractivity contribution in [2.24, 2.45) is 0 Å². The highest BCUT2D eigenvalue weighted by Crippen LogP contribution is 2.54. The lowest BCUT2D eigenvalue weighted by molar-refractivity contribution is 0.124. The molecule has 0 aliphatic carbocycles. The summed E-state index contributed by atoms with van der Waals surface area (Å²) < 4.78 is 30.7. The summed E-state index contributed by atoms with van der Waals surface area (Å²) in [6.07, 6.45) is 0. The smallest absolute Gasteiger partial charge is 0.230 e. The molecule has 1 aliphatic rings. The van der Waals surface area contributed by atoms with E-state index < -0.39 is 32.4 Å². The van der Waals surface area contributed by atoms with Gasteiger partial charge in [-0.1, -0.05) is 315 Å². The quantitative estimate of drug-likeness (QED) is 0.0549. The first kappa shape index (κ1) is 51.6. The van der Waals surface area contributed by atoms with E-state index in [9.17, 15) is 0 Å². The molecule has 1 heterocycles. The third-order valence-electron chi connectivity index (χ3n) is 15.3. The van der Waals surface area contributed by atoms with E-state index in [1.807, 2.05) is 0 Å². The molecular formula is C73H56O4P2Si2. The molecule has 0 bridgehead atoms. The normalized spacial score (nSPS) is 12.1. The molecule has 0 aromatic heterocycles. The molecule has 0 unspecified atom stereocenters. The highest BCUT2D eigenvalue weighted by Gasteiger charge is 2.49. The molecular weight excluding hydrogens is 1060 g/mol. The zero-order valence-electron chi connectivity index (χ0n) is 44.4. The van der Waals surface area contributed by atoms with Gasteiger partial charge in [-0.05, 0) is 53.6 Å². The van der Waals surface area contributed by atoms with E-state index in [2.05, 4.69) is 328 Å². The minimum atomic E-state index is -3.41. The van der Waals surface area contributed by atoms with Crippen molar-refractivity contribution in [2.45, 2.75) is 0 Å². The second kappa shape index (κ2) is 23.5. The van der Waals surface area contributed by atoms with Crippen LogP contribution in [0.1, 0.15) is 0 Å². The molecule has 0 radical (unpaired) electrons. The Hall–Kier alpha value is -8.87. The van der Waals surface area contributed by atoms with Crippen LogP contribution < -0.4 is 81.2 Å². The number of hydrogen-bond donors (Lipinski definition) is 0. The number of rotatable bonds is 16. The molecule has 0 amide bonds. The monoisotopic (exact) mass is 1110 g/mol. The van der Waals surface area contributed by atoms with Crippen molar-refractivity contribution in [3.8, 4) is 34.1 Å². The lowest BCUT2D eigenvalue weighted by Crippen LogP contribution is -2.75. The summed E-state index contributed by atoms with van der Waals surface area (Å²) in [7, 11) is -9.92. The molecule has 81 heavy (non-hydrogen) atoms. The van der Waals surface area contributed by atoms with Gasteiger partial charge in [0.15, 0.2) is 32.4 Å². The van der Waals surface area contributed by atoms with Gasteiger partial charge in [-0.3, -0.25) is 0 Å². The Morgan fingerprint density at radius 3 is 0.679 bits per heavy atom. The van der Waals surface area contributed by atoms with Gasteiger partial charge in [-0.2, -0.15) is 0 Å². The summed E-state index contributed by atoms with van der Waals surface area (Å²) in [6.45, 7) is -0.0346. The van der Waals surface area contributed by atoms with Crippen LogP contribution in [-0.4, -0.2) is 22.9 Å². The first-order valence-corrected chi connectivity index (χ1v) is 33.9. The summed E-state index contributed by atoms with van der Waals surface area (Å²) in [4.78, 5) is 0. The molecule has 12 aromatic rings. The van der Waals surface area contributed by atoms with Crippen molar-refractivity contribution in [2.75, 3.05) is 6.79 Å². The topological polar surface area (TPSA) is 36.9 Å². The van der Waals surface area contributed by atoms with Gasteiger partial charge in [0.1, 0.15) is 23.0 Å². The molecule has 8 heteroatoms. The summed E-state index contributed by atoms with van der Waals surface area (Å²) in [5.41, 5.74) is 1.56. The maximum absolute atomic E-state index is 8.33. The van der Waals surface area contributed by atoms with E-state index in [4.69, 9.17) is 18.5 Å². The molecule has 0 saturated carbocycles. The fourth-order valence-corrected chi connectivity index (χ4v) is 25.2. The zero-order valence-corrected chi connectivity index (χ0v) is 48.2. The van der Waals surface area contributed by atoms with E-state index in [0.29, 0.717) is 11.5 Å². The van der Waals surface area contributed by atoms with Crippen LogP contribution >= 0.6 is 16.3 Å². The van der Waals surface area contributed by atoms with Gasteiger partial charge in [-0.25, -0.2) is 0 Å². The SMILES string of the molecule is c1ccc(P(Oc2c([Si](c3ccccc3)(c3ccccc3)c3ccccc3)ccc3c2-c2c(ccc([Si](c4ccccc4)(c4ccccc4)c4ccccc4)c2OP(c2ccccc2)c2ccccc2)OCO3)c2ccccc2)cc1. The van der Waals surface area contributed by atoms with Crippen LogP contribution in [0.5, 0.6) is 23.0 Å². The molecule has 0 atom stereocenters. The Bertz CT molecular complexity index is 3470. The van der Waals surface area contributed by atoms with Crippen LogP contribution in [0.25, 0.3) is 11.1 Å². The van der Waals surface area contributed by atoms with Crippen LogP contribution in [0.4, 0.5) is 0 Å². The Balaban J connectivity index is 1.24. The van der Waals surface area contributed by atoms with Gasteiger partial charge in [0.25, 0.3) is 0 Å². The van der Waals surface area contributed by atoms with Crippen molar-refractivity contribution in [3.63, 3.8) is 0 Å². The fourth-order valence-electron chi connectivity index (χ4n) is 11.8. The molecule has 390 valence electrons. The van der Waals surface area contributed by atoms with Crippen LogP contribution in [0.3, 0.4) is 0 Å². The largest absolute Gasteiger partial charge is 0.464 e. The van der Waals surface area contributed by atoms with Gasteiger partial charge < -0.3 is 18.5 Å². The van der Waals surface area contributed by atoms with E-state index in [1.54, 1.807) is 0 Å². The number of benzene rings is 12. The maximum Gasteiger partial charge on any atom is 0.230 e. The molecule has 0 spiro atoms. The Labute approximate surface area is 479 Å². The predicted molar refractivity (Wildman–Crippen MR) is 345 cm³/mol. The number of ether oxygens (including phenoxy) is 2. The standard InChI is InChI=1S/C73H56O4P2Si2/c1-11-31-56(32-12-1)78(57-33-13-2-14-34-57)76-72-68(80(60-39-19-5-20-40-60,61-41-21-6-22-42-61)62-43-23-7-24-44-62)53-51-66-70(72)71-67(75-55-74-66)52-54-69(73(71)77-79(58-35-15-3-16-36-58)59-37-17-4-18-38-59)81(63-45-25-8-26-46-63,64-47-27-9-28-48-64)65-49-29-10-30-50-65/h1-54H,55H2. The van der Waals surface area contributed by atoms with Crippen molar-refractivity contribution in [3.05, 3.63) is 328 Å². The zero-order chi connectivity index (χ0) is 54.3. The highest BCUT2D eigenvalue weighted by molar-refractivity contribution is 7.69. The first-order valence-electron chi connectivity index (χ1n) is 27.3. The van der Waals surface area contributed by atoms with E-state index in [-0.39, 0.29) is 6.79 Å². The minimum absolute atomic E-state index is 0.0346. The second-order valence-corrected chi connectivity index (χ2v) is 31.0. The summed E-state index contributed by atoms with van der Waals surface area (Å²) in [5, 5.41) is 13.7. The van der Waals surface area contributed by atoms with Crippen molar-refractivity contribution in [1.82, 2.24) is 0 Å². The van der Waals surface area contributed by atoms with E-state index in [1.165, 1.54) is 31.1 Å². The highest BCUT2D eigenvalue weighted by atomic mass is 31.1. The van der Waals surface area contributed by atoms with Gasteiger partial charge in [-0.15, -0.1) is 0 Å². The van der Waals surface area contributed by atoms with Gasteiger partial charge >= 0.3 is 0 Å². The van der Waals surface area contributed by atoms with Crippen molar-refractivity contribution >= 4 is 95.2 Å². The Kier molecular flexibility index (Phi) is 14.9. The molecule has 0 fully saturated rings. The fraction of sp³-hybridized carbons (Fsp3) is 0.0137. The number of fused-ring (bicyclic) bond motifs is 3. The van der Waals surface area contributed by atoms with Crippen molar-refractivity contribution < 1.29 is 18.5 Å². The third-order valence-corrected chi connectivity index (χ3v) is 28.7. The minimum Gasteiger partial charge on any atom is -0.464 e. The maximum atomic E-state index is 8.33. The molecule has 0 N–H and O–H groups in total. The lowest BCUT2D eigenvalue weighted by Gasteiger charge is -2.38. The molecule has 1 aliphatic heterocycles. The molecule has 4 nitrogen and oxygen atoms in total. The predicted octanol–water partition coefficient (Wildman–Crippen LogP) is 10.7. The van der Waals surface area contributed by atoms with Gasteiger partial charge in [0, 0.05) is 21.2 Å². The van der Waals surface area contributed by atoms with Crippen LogP contribution in [0, 0.1) is 0 Å². The van der Waals surface area contributed by atoms with Crippen LogP contribution in [0.2, 0.25) is 0 Å². The average Bonchev–Trinajstić information content (AvgIpc) is 3.90. The third kappa shape index (κ3) is 9.71. The average molecular weight is 1120 g/mol. The Morgan fingerprint density at radius 1 is 0.247 bits per heavy atom. The van der Waals surface area contributed by atoms with E-state index >= 15 is 0 Å².